The molecule has 18 heavy (non-hydrogen) atoms. The van der Waals surface area contributed by atoms with E-state index in [2.05, 4.69) is 21.2 Å². The van der Waals surface area contributed by atoms with E-state index in [0.717, 1.165) is 9.35 Å². The third-order valence-electron chi connectivity index (χ3n) is 2.47. The molecule has 1 heterocycles. The third kappa shape index (κ3) is 4.08. The molecule has 0 fully saturated rings. The first-order chi connectivity index (χ1) is 8.45. The van der Waals surface area contributed by atoms with Crippen molar-refractivity contribution in [3.05, 3.63) is 20.8 Å². The van der Waals surface area contributed by atoms with Gasteiger partial charge in [-0.15, -0.1) is 11.3 Å². The molecule has 0 aliphatic heterocycles. The Kier molecular flexibility index (Phi) is 5.77. The second kappa shape index (κ2) is 6.86. The summed E-state index contributed by atoms with van der Waals surface area (Å²) in [5.41, 5.74) is 0. The maximum Gasteiger partial charge on any atom is 0.330 e. The Morgan fingerprint density at radius 1 is 1.61 bits per heavy atom. The quantitative estimate of drug-likeness (QED) is 0.766. The summed E-state index contributed by atoms with van der Waals surface area (Å²) in [6.45, 7) is 0.497. The number of carboxylic acids is 1. The van der Waals surface area contributed by atoms with Crippen LogP contribution < -0.4 is 5.32 Å². The van der Waals surface area contributed by atoms with Gasteiger partial charge in [-0.3, -0.25) is 10.1 Å². The number of carbonyl (C=O) groups excluding carboxylic acids is 1. The molecule has 2 N–H and O–H groups in total. The fourth-order valence-electron chi connectivity index (χ4n) is 1.45. The molecule has 5 nitrogen and oxygen atoms in total. The molecule has 1 aromatic heterocycles. The molecule has 0 aliphatic carbocycles. The molecule has 1 unspecified atom stereocenters. The van der Waals surface area contributed by atoms with Gasteiger partial charge in [-0.25, -0.2) is 4.79 Å². The molecular formula is C11H15BrN2O3S. The number of likely N-dealkylation sites (N-methyl/N-ethyl adjacent to an activating group) is 2. The van der Waals surface area contributed by atoms with Gasteiger partial charge in [0.05, 0.1) is 0 Å². The molecule has 7 heteroatoms. The van der Waals surface area contributed by atoms with E-state index in [9.17, 15) is 9.59 Å². The molecule has 0 saturated heterocycles. The van der Waals surface area contributed by atoms with Gasteiger partial charge in [0.1, 0.15) is 0 Å². The van der Waals surface area contributed by atoms with E-state index in [1.807, 2.05) is 11.4 Å². The molecular weight excluding hydrogens is 320 g/mol. The van der Waals surface area contributed by atoms with Crippen LogP contribution in [0, 0.1) is 0 Å². The van der Waals surface area contributed by atoms with Gasteiger partial charge < -0.3 is 10.0 Å². The Morgan fingerprint density at radius 3 is 2.72 bits per heavy atom. The molecule has 1 amide bonds. The lowest BCUT2D eigenvalue weighted by Gasteiger charge is -2.20. The lowest BCUT2D eigenvalue weighted by molar-refractivity contribution is -0.147. The van der Waals surface area contributed by atoms with Gasteiger partial charge in [-0.05, 0) is 35.5 Å². The number of hydrogen-bond acceptors (Lipinski definition) is 4. The largest absolute Gasteiger partial charge is 0.480 e. The van der Waals surface area contributed by atoms with Gasteiger partial charge in [-0.1, -0.05) is 0 Å². The molecule has 1 atom stereocenters. The number of rotatable bonds is 6. The van der Waals surface area contributed by atoms with E-state index in [1.165, 1.54) is 11.9 Å². The lowest BCUT2D eigenvalue weighted by Crippen LogP contribution is -2.48. The Morgan fingerprint density at radius 2 is 2.28 bits per heavy atom. The number of nitrogens with zero attached hydrogens (tertiary/aromatic N) is 1. The summed E-state index contributed by atoms with van der Waals surface area (Å²) < 4.78 is 1.02. The van der Waals surface area contributed by atoms with Crippen molar-refractivity contribution in [2.75, 3.05) is 20.6 Å². The van der Waals surface area contributed by atoms with Crippen molar-refractivity contribution in [2.45, 2.75) is 12.5 Å². The SMILES string of the molecule is CNC(C(=O)O)C(=O)N(C)CCc1cc(Br)cs1. The zero-order valence-electron chi connectivity index (χ0n) is 10.1. The maximum atomic E-state index is 11.8. The topological polar surface area (TPSA) is 69.6 Å². The molecule has 100 valence electrons. The van der Waals surface area contributed by atoms with Crippen molar-refractivity contribution in [2.24, 2.45) is 0 Å². The van der Waals surface area contributed by atoms with Crippen molar-refractivity contribution in [1.82, 2.24) is 10.2 Å². The van der Waals surface area contributed by atoms with E-state index < -0.39 is 17.9 Å². The Balaban J connectivity index is 2.52. The molecule has 0 aromatic carbocycles. The van der Waals surface area contributed by atoms with Gasteiger partial charge in [-0.2, -0.15) is 0 Å². The highest BCUT2D eigenvalue weighted by Gasteiger charge is 2.26. The van der Waals surface area contributed by atoms with E-state index in [4.69, 9.17) is 5.11 Å². The van der Waals surface area contributed by atoms with Gasteiger partial charge >= 0.3 is 5.97 Å². The van der Waals surface area contributed by atoms with Crippen LogP contribution in [0.4, 0.5) is 0 Å². The average Bonchev–Trinajstić information content (AvgIpc) is 2.72. The van der Waals surface area contributed by atoms with Gasteiger partial charge in [0.15, 0.2) is 6.04 Å². The van der Waals surface area contributed by atoms with Crippen LogP contribution >= 0.6 is 27.3 Å². The summed E-state index contributed by atoms with van der Waals surface area (Å²) in [5.74, 6) is -1.59. The van der Waals surface area contributed by atoms with Crippen LogP contribution in [0.5, 0.6) is 0 Å². The van der Waals surface area contributed by atoms with Crippen LogP contribution in [-0.2, 0) is 16.0 Å². The van der Waals surface area contributed by atoms with E-state index in [-0.39, 0.29) is 0 Å². The van der Waals surface area contributed by atoms with Gasteiger partial charge in [0.2, 0.25) is 0 Å². The number of thiophene rings is 1. The standard InChI is InChI=1S/C11H15BrN2O3S/c1-13-9(11(16)17)10(15)14(2)4-3-8-5-7(12)6-18-8/h5-6,9,13H,3-4H2,1-2H3,(H,16,17). The minimum absolute atomic E-state index is 0.430. The van der Waals surface area contributed by atoms with Crippen molar-refractivity contribution in [3.8, 4) is 0 Å². The van der Waals surface area contributed by atoms with Crippen LogP contribution in [0.25, 0.3) is 0 Å². The number of halogens is 1. The first kappa shape index (κ1) is 15.1. The van der Waals surface area contributed by atoms with Crippen LogP contribution in [0.15, 0.2) is 15.9 Å². The first-order valence-corrected chi connectivity index (χ1v) is 7.01. The van der Waals surface area contributed by atoms with Crippen LogP contribution in [0.3, 0.4) is 0 Å². The van der Waals surface area contributed by atoms with Crippen molar-refractivity contribution < 1.29 is 14.7 Å². The van der Waals surface area contributed by atoms with Crippen molar-refractivity contribution in [1.29, 1.82) is 0 Å². The minimum Gasteiger partial charge on any atom is -0.480 e. The molecule has 0 aliphatic rings. The molecule has 0 spiro atoms. The van der Waals surface area contributed by atoms with Gasteiger partial charge in [0.25, 0.3) is 5.91 Å². The Hall–Kier alpha value is -0.920. The number of carboxylic acid groups (broad SMARTS) is 1. The van der Waals surface area contributed by atoms with Gasteiger partial charge in [0, 0.05) is 28.3 Å². The van der Waals surface area contributed by atoms with Crippen LogP contribution in [-0.4, -0.2) is 48.6 Å². The highest BCUT2D eigenvalue weighted by Crippen LogP contribution is 2.20. The molecule has 0 bridgehead atoms. The lowest BCUT2D eigenvalue weighted by atomic mass is 10.2. The molecule has 0 saturated carbocycles. The number of carbonyl (C=O) groups is 2. The molecule has 1 rings (SSSR count). The van der Waals surface area contributed by atoms with E-state index >= 15 is 0 Å². The highest BCUT2D eigenvalue weighted by molar-refractivity contribution is 9.10. The highest BCUT2D eigenvalue weighted by atomic mass is 79.9. The predicted octanol–water partition coefficient (Wildman–Crippen LogP) is 1.18. The zero-order valence-corrected chi connectivity index (χ0v) is 12.5. The summed E-state index contributed by atoms with van der Waals surface area (Å²) in [6.07, 6.45) is 0.717. The summed E-state index contributed by atoms with van der Waals surface area (Å²) in [5, 5.41) is 13.3. The Bertz CT molecular complexity index is 436. The van der Waals surface area contributed by atoms with Crippen LogP contribution in [0.1, 0.15) is 4.88 Å². The maximum absolute atomic E-state index is 11.8. The summed E-state index contributed by atoms with van der Waals surface area (Å²) in [4.78, 5) is 25.2. The summed E-state index contributed by atoms with van der Waals surface area (Å²) in [6, 6.07) is 0.820. The molecule has 0 radical (unpaired) electrons. The second-order valence-electron chi connectivity index (χ2n) is 3.80. The van der Waals surface area contributed by atoms with Crippen molar-refractivity contribution in [3.63, 3.8) is 0 Å². The van der Waals surface area contributed by atoms with E-state index in [1.54, 1.807) is 18.4 Å². The van der Waals surface area contributed by atoms with Crippen LogP contribution in [0.2, 0.25) is 0 Å². The smallest absolute Gasteiger partial charge is 0.330 e. The normalized spacial score (nSPS) is 12.2. The number of nitrogens with one attached hydrogen (secondary N) is 1. The fourth-order valence-corrected chi connectivity index (χ4v) is 2.89. The molecule has 1 aromatic rings. The summed E-state index contributed by atoms with van der Waals surface area (Å²) >= 11 is 4.97. The monoisotopic (exact) mass is 334 g/mol. The minimum atomic E-state index is -1.18. The number of amides is 1. The first-order valence-electron chi connectivity index (χ1n) is 5.33. The average molecular weight is 335 g/mol. The summed E-state index contributed by atoms with van der Waals surface area (Å²) in [7, 11) is 3.07. The van der Waals surface area contributed by atoms with E-state index in [0.29, 0.717) is 13.0 Å². The van der Waals surface area contributed by atoms with Crippen molar-refractivity contribution >= 4 is 39.1 Å². The third-order valence-corrected chi connectivity index (χ3v) is 4.23. The number of hydrogen-bond donors (Lipinski definition) is 2. The second-order valence-corrected chi connectivity index (χ2v) is 5.71. The number of aliphatic carboxylic acids is 1. The zero-order chi connectivity index (χ0) is 13.7. The predicted molar refractivity (Wildman–Crippen MR) is 73.8 cm³/mol. The Labute approximate surface area is 118 Å². The fraction of sp³-hybridized carbons (Fsp3) is 0.455.